The lowest BCUT2D eigenvalue weighted by atomic mass is 9.85. The van der Waals surface area contributed by atoms with Gasteiger partial charge in [-0.15, -0.1) is 0 Å². The second-order valence-corrected chi connectivity index (χ2v) is 8.39. The first kappa shape index (κ1) is 23.9. The maximum Gasteiger partial charge on any atom is 0.303 e. The average molecular weight is 381 g/mol. The molecule has 27 heavy (non-hydrogen) atoms. The number of carboxylic acid groups (broad SMARTS) is 1. The molecule has 5 atom stereocenters. The third-order valence-corrected chi connectivity index (χ3v) is 5.83. The number of unbranched alkanes of at least 4 members (excludes halogenated alkanes) is 3. The third-order valence-electron chi connectivity index (χ3n) is 5.83. The normalized spacial score (nSPS) is 27.2. The Labute approximate surface area is 165 Å². The summed E-state index contributed by atoms with van der Waals surface area (Å²) >= 11 is 0. The maximum absolute atomic E-state index is 10.5. The van der Waals surface area contributed by atoms with E-state index in [4.69, 9.17) is 5.11 Å². The molecule has 0 bridgehead atoms. The van der Waals surface area contributed by atoms with E-state index in [1.54, 1.807) is 0 Å². The van der Waals surface area contributed by atoms with Gasteiger partial charge in [0.1, 0.15) is 0 Å². The molecule has 3 N–H and O–H groups in total. The number of carbonyl (C=O) groups is 1. The van der Waals surface area contributed by atoms with Crippen LogP contribution in [-0.4, -0.2) is 33.5 Å². The minimum atomic E-state index is -0.762. The van der Waals surface area contributed by atoms with E-state index in [0.717, 1.165) is 12.8 Å². The van der Waals surface area contributed by atoms with E-state index in [1.165, 1.54) is 25.7 Å². The summed E-state index contributed by atoms with van der Waals surface area (Å²) in [6.07, 6.45) is 15.1. The molecule has 0 saturated heterocycles. The van der Waals surface area contributed by atoms with Crippen molar-refractivity contribution < 1.29 is 20.1 Å². The van der Waals surface area contributed by atoms with Gasteiger partial charge in [-0.1, -0.05) is 64.3 Å². The smallest absolute Gasteiger partial charge is 0.303 e. The van der Waals surface area contributed by atoms with Gasteiger partial charge in [-0.05, 0) is 43.4 Å². The third kappa shape index (κ3) is 9.07. The summed E-state index contributed by atoms with van der Waals surface area (Å²) in [6.45, 7) is 6.72. The number of rotatable bonds is 13. The SMILES string of the molecule is CCCCCC(C=CC1C(O)CC(O)C1CC=CCCCC(=O)O)C(C)C. The molecule has 0 aromatic rings. The van der Waals surface area contributed by atoms with Gasteiger partial charge in [0.2, 0.25) is 0 Å². The van der Waals surface area contributed by atoms with E-state index < -0.39 is 18.2 Å². The van der Waals surface area contributed by atoms with Gasteiger partial charge in [-0.3, -0.25) is 4.79 Å². The molecule has 1 aliphatic rings. The Morgan fingerprint density at radius 2 is 1.85 bits per heavy atom. The van der Waals surface area contributed by atoms with Gasteiger partial charge < -0.3 is 15.3 Å². The maximum atomic E-state index is 10.5. The Kier molecular flexibility index (Phi) is 11.6. The number of hydrogen-bond acceptors (Lipinski definition) is 3. The van der Waals surface area contributed by atoms with Crippen molar-refractivity contribution in [2.24, 2.45) is 23.7 Å². The first-order valence-corrected chi connectivity index (χ1v) is 10.8. The largest absolute Gasteiger partial charge is 0.481 e. The highest BCUT2D eigenvalue weighted by molar-refractivity contribution is 5.66. The zero-order valence-electron chi connectivity index (χ0n) is 17.4. The minimum absolute atomic E-state index is 0.00362. The molecule has 4 nitrogen and oxygen atoms in total. The molecule has 0 spiro atoms. The fourth-order valence-electron chi connectivity index (χ4n) is 4.00. The lowest BCUT2D eigenvalue weighted by Crippen LogP contribution is -2.20. The molecule has 4 heteroatoms. The zero-order chi connectivity index (χ0) is 20.2. The van der Waals surface area contributed by atoms with Crippen molar-refractivity contribution in [1.29, 1.82) is 0 Å². The second kappa shape index (κ2) is 13.1. The predicted octanol–water partition coefficient (Wildman–Crippen LogP) is 4.95. The molecule has 1 aliphatic carbocycles. The first-order valence-electron chi connectivity index (χ1n) is 10.8. The molecule has 156 valence electrons. The van der Waals surface area contributed by atoms with Crippen LogP contribution in [0.5, 0.6) is 0 Å². The highest BCUT2D eigenvalue weighted by atomic mass is 16.4. The number of hydrogen-bond donors (Lipinski definition) is 3. The standard InChI is InChI=1S/C23H40O4/c1-4-5-8-11-18(17(2)3)14-15-20-19(21(24)16-22(20)25)12-9-6-7-10-13-23(26)27/h6,9,14-15,17-22,24-25H,4-5,7-8,10-13,16H2,1-3H3,(H,26,27). The van der Waals surface area contributed by atoms with Crippen LogP contribution in [0.3, 0.4) is 0 Å². The number of aliphatic hydroxyl groups is 2. The van der Waals surface area contributed by atoms with Crippen LogP contribution in [0.4, 0.5) is 0 Å². The van der Waals surface area contributed by atoms with E-state index in [1.807, 2.05) is 12.2 Å². The van der Waals surface area contributed by atoms with Crippen LogP contribution in [0.25, 0.3) is 0 Å². The molecule has 0 heterocycles. The van der Waals surface area contributed by atoms with E-state index in [9.17, 15) is 15.0 Å². The van der Waals surface area contributed by atoms with Gasteiger partial charge in [0.05, 0.1) is 12.2 Å². The molecule has 1 saturated carbocycles. The van der Waals surface area contributed by atoms with Crippen molar-refractivity contribution in [3.8, 4) is 0 Å². The molecule has 0 amide bonds. The summed E-state index contributed by atoms with van der Waals surface area (Å²) in [5, 5.41) is 29.4. The number of aliphatic carboxylic acids is 1. The molecule has 1 rings (SSSR count). The monoisotopic (exact) mass is 380 g/mol. The first-order chi connectivity index (χ1) is 12.9. The van der Waals surface area contributed by atoms with Gasteiger partial charge in [0.15, 0.2) is 0 Å². The van der Waals surface area contributed by atoms with Crippen molar-refractivity contribution in [3.63, 3.8) is 0 Å². The van der Waals surface area contributed by atoms with Crippen LogP contribution in [-0.2, 0) is 4.79 Å². The summed E-state index contributed by atoms with van der Waals surface area (Å²) in [7, 11) is 0. The molecule has 0 aromatic heterocycles. The van der Waals surface area contributed by atoms with E-state index in [0.29, 0.717) is 24.7 Å². The lowest BCUT2D eigenvalue weighted by molar-refractivity contribution is -0.137. The summed E-state index contributed by atoms with van der Waals surface area (Å²) in [5.41, 5.74) is 0. The number of aliphatic hydroxyl groups excluding tert-OH is 2. The molecule has 0 aliphatic heterocycles. The molecular formula is C23H40O4. The highest BCUT2D eigenvalue weighted by Crippen LogP contribution is 2.37. The van der Waals surface area contributed by atoms with Crippen LogP contribution in [0, 0.1) is 23.7 Å². The number of allylic oxidation sites excluding steroid dienone is 3. The Hall–Kier alpha value is -1.13. The van der Waals surface area contributed by atoms with Crippen molar-refractivity contribution in [2.75, 3.05) is 0 Å². The Morgan fingerprint density at radius 1 is 1.11 bits per heavy atom. The molecule has 0 aromatic carbocycles. The van der Waals surface area contributed by atoms with E-state index in [2.05, 4.69) is 32.9 Å². The summed E-state index contributed by atoms with van der Waals surface area (Å²) < 4.78 is 0. The van der Waals surface area contributed by atoms with Gasteiger partial charge in [0, 0.05) is 18.8 Å². The van der Waals surface area contributed by atoms with Gasteiger partial charge in [-0.25, -0.2) is 0 Å². The van der Waals surface area contributed by atoms with Crippen LogP contribution in [0.1, 0.15) is 78.6 Å². The zero-order valence-corrected chi connectivity index (χ0v) is 17.4. The Bertz CT molecular complexity index is 469. The summed E-state index contributed by atoms with van der Waals surface area (Å²) in [4.78, 5) is 10.5. The Morgan fingerprint density at radius 3 is 2.48 bits per heavy atom. The topological polar surface area (TPSA) is 77.8 Å². The fraction of sp³-hybridized carbons (Fsp3) is 0.783. The van der Waals surface area contributed by atoms with Crippen LogP contribution in [0.2, 0.25) is 0 Å². The lowest BCUT2D eigenvalue weighted by Gasteiger charge is -2.22. The molecular weight excluding hydrogens is 340 g/mol. The predicted molar refractivity (Wildman–Crippen MR) is 110 cm³/mol. The molecule has 0 radical (unpaired) electrons. The van der Waals surface area contributed by atoms with Crippen LogP contribution in [0.15, 0.2) is 24.3 Å². The van der Waals surface area contributed by atoms with Crippen molar-refractivity contribution in [3.05, 3.63) is 24.3 Å². The van der Waals surface area contributed by atoms with Crippen LogP contribution < -0.4 is 0 Å². The van der Waals surface area contributed by atoms with Crippen molar-refractivity contribution in [1.82, 2.24) is 0 Å². The van der Waals surface area contributed by atoms with E-state index in [-0.39, 0.29) is 18.3 Å². The van der Waals surface area contributed by atoms with Gasteiger partial charge in [-0.2, -0.15) is 0 Å². The van der Waals surface area contributed by atoms with E-state index >= 15 is 0 Å². The van der Waals surface area contributed by atoms with Gasteiger partial charge >= 0.3 is 5.97 Å². The molecule has 1 fully saturated rings. The van der Waals surface area contributed by atoms with Gasteiger partial charge in [0.25, 0.3) is 0 Å². The molecule has 5 unspecified atom stereocenters. The minimum Gasteiger partial charge on any atom is -0.481 e. The Balaban J connectivity index is 2.60. The quantitative estimate of drug-likeness (QED) is 0.312. The second-order valence-electron chi connectivity index (χ2n) is 8.39. The van der Waals surface area contributed by atoms with Crippen molar-refractivity contribution in [2.45, 2.75) is 90.8 Å². The van der Waals surface area contributed by atoms with Crippen LogP contribution >= 0.6 is 0 Å². The summed E-state index contributed by atoms with van der Waals surface area (Å²) in [6, 6.07) is 0. The average Bonchev–Trinajstić information content (AvgIpc) is 2.86. The van der Waals surface area contributed by atoms with Crippen molar-refractivity contribution >= 4 is 5.97 Å². The summed E-state index contributed by atoms with van der Waals surface area (Å²) in [5.74, 6) is 0.371. The fourth-order valence-corrected chi connectivity index (χ4v) is 4.00. The highest BCUT2D eigenvalue weighted by Gasteiger charge is 2.39. The number of carboxylic acids is 1.